The molecule has 6 heteroatoms. The second kappa shape index (κ2) is 6.88. The molecular formula is C14H19FN2O3. The number of hydrogen-bond donors (Lipinski definition) is 2. The molecular weight excluding hydrogens is 263 g/mol. The predicted molar refractivity (Wildman–Crippen MR) is 72.8 cm³/mol. The maximum atomic E-state index is 13.6. The Morgan fingerprint density at radius 2 is 2.00 bits per heavy atom. The molecule has 1 rings (SSSR count). The number of nitrogens with zero attached hydrogens (tertiary/aromatic N) is 1. The molecule has 0 heterocycles. The van der Waals surface area contributed by atoms with E-state index in [4.69, 9.17) is 5.11 Å². The average molecular weight is 282 g/mol. The van der Waals surface area contributed by atoms with Crippen LogP contribution in [0.3, 0.4) is 0 Å². The van der Waals surface area contributed by atoms with Gasteiger partial charge in [-0.15, -0.1) is 0 Å². The molecule has 0 bridgehead atoms. The van der Waals surface area contributed by atoms with Gasteiger partial charge in [-0.1, -0.05) is 25.1 Å². The van der Waals surface area contributed by atoms with Crippen molar-refractivity contribution in [3.8, 4) is 0 Å². The molecule has 0 saturated heterocycles. The van der Waals surface area contributed by atoms with Gasteiger partial charge in [-0.3, -0.25) is 0 Å². The summed E-state index contributed by atoms with van der Waals surface area (Å²) in [5.41, 5.74) is 0.359. The number of rotatable bonds is 5. The zero-order valence-electron chi connectivity index (χ0n) is 11.8. The van der Waals surface area contributed by atoms with E-state index in [1.165, 1.54) is 13.1 Å². The predicted octanol–water partition coefficient (Wildman–Crippen LogP) is 2.39. The van der Waals surface area contributed by atoms with Crippen molar-refractivity contribution in [1.29, 1.82) is 0 Å². The minimum absolute atomic E-state index is 0.299. The molecule has 0 aliphatic carbocycles. The van der Waals surface area contributed by atoms with Gasteiger partial charge < -0.3 is 15.3 Å². The van der Waals surface area contributed by atoms with Crippen LogP contribution in [0.5, 0.6) is 0 Å². The Morgan fingerprint density at radius 3 is 2.50 bits per heavy atom. The van der Waals surface area contributed by atoms with Crippen molar-refractivity contribution < 1.29 is 19.1 Å². The van der Waals surface area contributed by atoms with Gasteiger partial charge in [0.2, 0.25) is 0 Å². The highest BCUT2D eigenvalue weighted by Crippen LogP contribution is 2.16. The number of halogens is 1. The SMILES string of the molecule is CCC(C(=O)O)N(C)C(=O)NC(C)c1ccccc1F. The highest BCUT2D eigenvalue weighted by Gasteiger charge is 2.25. The molecule has 0 aromatic heterocycles. The summed E-state index contributed by atoms with van der Waals surface area (Å²) in [4.78, 5) is 24.1. The third-order valence-corrected chi connectivity index (χ3v) is 3.17. The highest BCUT2D eigenvalue weighted by molar-refractivity contribution is 5.82. The monoisotopic (exact) mass is 282 g/mol. The summed E-state index contributed by atoms with van der Waals surface area (Å²) in [5.74, 6) is -1.48. The van der Waals surface area contributed by atoms with Crippen LogP contribution in [0.15, 0.2) is 24.3 Å². The van der Waals surface area contributed by atoms with Crippen LogP contribution in [0.4, 0.5) is 9.18 Å². The van der Waals surface area contributed by atoms with Crippen LogP contribution in [0, 0.1) is 5.82 Å². The van der Waals surface area contributed by atoms with Crippen molar-refractivity contribution in [2.45, 2.75) is 32.4 Å². The Morgan fingerprint density at radius 1 is 1.40 bits per heavy atom. The lowest BCUT2D eigenvalue weighted by atomic mass is 10.1. The molecule has 0 spiro atoms. The average Bonchev–Trinajstić information content (AvgIpc) is 2.39. The van der Waals surface area contributed by atoms with Gasteiger partial charge in [0, 0.05) is 12.6 Å². The summed E-state index contributed by atoms with van der Waals surface area (Å²) in [6.07, 6.45) is 0.299. The van der Waals surface area contributed by atoms with Crippen LogP contribution in [-0.4, -0.2) is 35.1 Å². The lowest BCUT2D eigenvalue weighted by Gasteiger charge is -2.26. The van der Waals surface area contributed by atoms with E-state index in [9.17, 15) is 14.0 Å². The van der Waals surface area contributed by atoms with Crippen LogP contribution in [0.1, 0.15) is 31.9 Å². The van der Waals surface area contributed by atoms with Crippen molar-refractivity contribution in [2.24, 2.45) is 0 Å². The fourth-order valence-corrected chi connectivity index (χ4v) is 1.95. The smallest absolute Gasteiger partial charge is 0.326 e. The fraction of sp³-hybridized carbons (Fsp3) is 0.429. The topological polar surface area (TPSA) is 69.6 Å². The quantitative estimate of drug-likeness (QED) is 0.871. The van der Waals surface area contributed by atoms with Crippen molar-refractivity contribution >= 4 is 12.0 Å². The van der Waals surface area contributed by atoms with Crippen LogP contribution in [0.25, 0.3) is 0 Å². The summed E-state index contributed by atoms with van der Waals surface area (Å²) >= 11 is 0. The largest absolute Gasteiger partial charge is 0.480 e. The molecule has 2 unspecified atom stereocenters. The van der Waals surface area contributed by atoms with Gasteiger partial charge in [0.15, 0.2) is 0 Å². The van der Waals surface area contributed by atoms with Gasteiger partial charge in [0.05, 0.1) is 6.04 Å². The summed E-state index contributed by atoms with van der Waals surface area (Å²) in [7, 11) is 1.41. The van der Waals surface area contributed by atoms with E-state index in [2.05, 4.69) is 5.32 Å². The lowest BCUT2D eigenvalue weighted by Crippen LogP contribution is -2.47. The second-order valence-electron chi connectivity index (χ2n) is 4.57. The van der Waals surface area contributed by atoms with E-state index in [0.717, 1.165) is 4.90 Å². The summed E-state index contributed by atoms with van der Waals surface area (Å²) < 4.78 is 13.6. The minimum atomic E-state index is -1.07. The van der Waals surface area contributed by atoms with E-state index >= 15 is 0 Å². The van der Waals surface area contributed by atoms with Crippen molar-refractivity contribution in [2.75, 3.05) is 7.05 Å². The highest BCUT2D eigenvalue weighted by atomic mass is 19.1. The standard InChI is InChI=1S/C14H19FN2O3/c1-4-12(13(18)19)17(3)14(20)16-9(2)10-7-5-6-8-11(10)15/h5-9,12H,4H2,1-3H3,(H,16,20)(H,18,19). The molecule has 20 heavy (non-hydrogen) atoms. The first kappa shape index (κ1) is 15.9. The first-order valence-electron chi connectivity index (χ1n) is 6.39. The molecule has 2 amide bonds. The van der Waals surface area contributed by atoms with Crippen LogP contribution < -0.4 is 5.32 Å². The van der Waals surface area contributed by atoms with E-state index < -0.39 is 29.9 Å². The Bertz CT molecular complexity index is 493. The summed E-state index contributed by atoms with van der Waals surface area (Å²) in [5, 5.41) is 11.6. The molecule has 2 atom stereocenters. The summed E-state index contributed by atoms with van der Waals surface area (Å²) in [6, 6.07) is 4.14. The number of aliphatic carboxylic acids is 1. The third kappa shape index (κ3) is 3.69. The van der Waals surface area contributed by atoms with Gasteiger partial charge >= 0.3 is 12.0 Å². The van der Waals surface area contributed by atoms with Crippen LogP contribution in [0.2, 0.25) is 0 Å². The zero-order valence-corrected chi connectivity index (χ0v) is 11.8. The Balaban J connectivity index is 2.75. The van der Waals surface area contributed by atoms with Gasteiger partial charge in [-0.2, -0.15) is 0 Å². The summed E-state index contributed by atoms with van der Waals surface area (Å²) in [6.45, 7) is 3.33. The minimum Gasteiger partial charge on any atom is -0.480 e. The second-order valence-corrected chi connectivity index (χ2v) is 4.57. The maximum Gasteiger partial charge on any atom is 0.326 e. The molecule has 0 aliphatic heterocycles. The molecule has 2 N–H and O–H groups in total. The molecule has 0 fully saturated rings. The number of benzene rings is 1. The molecule has 0 saturated carbocycles. The van der Waals surface area contributed by atoms with E-state index in [0.29, 0.717) is 12.0 Å². The van der Waals surface area contributed by atoms with Crippen LogP contribution >= 0.6 is 0 Å². The lowest BCUT2D eigenvalue weighted by molar-refractivity contribution is -0.141. The van der Waals surface area contributed by atoms with Crippen molar-refractivity contribution in [3.63, 3.8) is 0 Å². The first-order valence-corrected chi connectivity index (χ1v) is 6.39. The number of carbonyl (C=O) groups is 2. The molecule has 0 radical (unpaired) electrons. The number of nitrogens with one attached hydrogen (secondary N) is 1. The number of carboxylic acids is 1. The molecule has 1 aromatic carbocycles. The fourth-order valence-electron chi connectivity index (χ4n) is 1.95. The van der Waals surface area contributed by atoms with E-state index in [-0.39, 0.29) is 0 Å². The van der Waals surface area contributed by atoms with E-state index in [1.54, 1.807) is 32.0 Å². The Hall–Kier alpha value is -2.11. The maximum absolute atomic E-state index is 13.6. The van der Waals surface area contributed by atoms with E-state index in [1.807, 2.05) is 0 Å². The zero-order chi connectivity index (χ0) is 15.3. The van der Waals surface area contributed by atoms with Crippen LogP contribution in [-0.2, 0) is 4.79 Å². The van der Waals surface area contributed by atoms with Gasteiger partial charge in [0.1, 0.15) is 11.9 Å². The van der Waals surface area contributed by atoms with Crippen molar-refractivity contribution in [1.82, 2.24) is 10.2 Å². The van der Waals surface area contributed by atoms with Gasteiger partial charge in [-0.05, 0) is 19.4 Å². The number of urea groups is 1. The van der Waals surface area contributed by atoms with Crippen molar-refractivity contribution in [3.05, 3.63) is 35.6 Å². The Kier molecular flexibility index (Phi) is 5.49. The van der Waals surface area contributed by atoms with Gasteiger partial charge in [-0.25, -0.2) is 14.0 Å². The number of carbonyl (C=O) groups excluding carboxylic acids is 1. The number of hydrogen-bond acceptors (Lipinski definition) is 2. The number of carboxylic acid groups (broad SMARTS) is 1. The molecule has 5 nitrogen and oxygen atoms in total. The third-order valence-electron chi connectivity index (χ3n) is 3.17. The molecule has 1 aromatic rings. The normalized spacial score (nSPS) is 13.4. The van der Waals surface area contributed by atoms with Gasteiger partial charge in [0.25, 0.3) is 0 Å². The molecule has 0 aliphatic rings. The number of amides is 2. The Labute approximate surface area is 117 Å². The first-order chi connectivity index (χ1) is 9.38. The number of likely N-dealkylation sites (N-methyl/N-ethyl adjacent to an activating group) is 1. The molecule has 110 valence electrons.